The van der Waals surface area contributed by atoms with Crippen molar-refractivity contribution in [2.45, 2.75) is 31.8 Å². The minimum atomic E-state index is -0.224. The van der Waals surface area contributed by atoms with Crippen molar-refractivity contribution in [1.82, 2.24) is 35.4 Å². The van der Waals surface area contributed by atoms with Gasteiger partial charge in [-0.25, -0.2) is 9.36 Å². The van der Waals surface area contributed by atoms with E-state index in [-0.39, 0.29) is 11.9 Å². The molecule has 2 N–H and O–H groups in total. The highest BCUT2D eigenvalue weighted by molar-refractivity contribution is 5.92. The maximum atomic E-state index is 12.7. The van der Waals surface area contributed by atoms with Crippen molar-refractivity contribution in [3.05, 3.63) is 60.2 Å². The SMILES string of the molecule is CC(NC(=O)c1cn(C2CCNCC2)nn1)c1ccccc1-n1cccn1. The number of hydrogen-bond acceptors (Lipinski definition) is 5. The van der Waals surface area contributed by atoms with Crippen molar-refractivity contribution in [1.29, 1.82) is 0 Å². The second kappa shape index (κ2) is 7.71. The van der Waals surface area contributed by atoms with Crippen molar-refractivity contribution in [3.63, 3.8) is 0 Å². The number of nitrogens with zero attached hydrogens (tertiary/aromatic N) is 5. The van der Waals surface area contributed by atoms with E-state index < -0.39 is 0 Å². The molecule has 1 fully saturated rings. The number of carbonyl (C=O) groups excluding carboxylic acids is 1. The predicted molar refractivity (Wildman–Crippen MR) is 101 cm³/mol. The molecule has 1 aliphatic rings. The summed E-state index contributed by atoms with van der Waals surface area (Å²) in [6.45, 7) is 3.89. The minimum Gasteiger partial charge on any atom is -0.344 e. The number of para-hydroxylation sites is 1. The molecule has 1 aliphatic heterocycles. The van der Waals surface area contributed by atoms with Crippen LogP contribution in [0.1, 0.15) is 47.9 Å². The van der Waals surface area contributed by atoms with Crippen LogP contribution in [-0.4, -0.2) is 43.8 Å². The van der Waals surface area contributed by atoms with E-state index in [2.05, 4.69) is 26.0 Å². The van der Waals surface area contributed by atoms with E-state index >= 15 is 0 Å². The van der Waals surface area contributed by atoms with Gasteiger partial charge in [0.2, 0.25) is 0 Å². The van der Waals surface area contributed by atoms with Gasteiger partial charge in [-0.1, -0.05) is 23.4 Å². The van der Waals surface area contributed by atoms with Crippen molar-refractivity contribution in [2.24, 2.45) is 0 Å². The van der Waals surface area contributed by atoms with Crippen molar-refractivity contribution in [2.75, 3.05) is 13.1 Å². The fraction of sp³-hybridized carbons (Fsp3) is 0.368. The van der Waals surface area contributed by atoms with Gasteiger partial charge in [-0.05, 0) is 50.6 Å². The van der Waals surface area contributed by atoms with Crippen LogP contribution in [0.25, 0.3) is 5.69 Å². The quantitative estimate of drug-likeness (QED) is 0.721. The van der Waals surface area contributed by atoms with Crippen LogP contribution < -0.4 is 10.6 Å². The van der Waals surface area contributed by atoms with Gasteiger partial charge in [0.1, 0.15) is 0 Å². The number of amides is 1. The smallest absolute Gasteiger partial charge is 0.273 e. The molecule has 140 valence electrons. The lowest BCUT2D eigenvalue weighted by atomic mass is 10.1. The topological polar surface area (TPSA) is 89.7 Å². The number of piperidine rings is 1. The maximum Gasteiger partial charge on any atom is 0.273 e. The van der Waals surface area contributed by atoms with Gasteiger partial charge >= 0.3 is 0 Å². The summed E-state index contributed by atoms with van der Waals surface area (Å²) in [5.74, 6) is -0.224. The second-order valence-corrected chi connectivity index (χ2v) is 6.77. The Labute approximate surface area is 157 Å². The first kappa shape index (κ1) is 17.4. The Kier molecular flexibility index (Phi) is 4.97. The lowest BCUT2D eigenvalue weighted by molar-refractivity contribution is 0.0934. The Morgan fingerprint density at radius 1 is 1.26 bits per heavy atom. The second-order valence-electron chi connectivity index (χ2n) is 6.77. The Bertz CT molecular complexity index is 896. The number of aromatic nitrogens is 5. The fourth-order valence-electron chi connectivity index (χ4n) is 3.45. The van der Waals surface area contributed by atoms with Gasteiger partial charge in [-0.15, -0.1) is 5.10 Å². The zero-order chi connectivity index (χ0) is 18.6. The highest BCUT2D eigenvalue weighted by Gasteiger charge is 2.20. The molecular weight excluding hydrogens is 342 g/mol. The summed E-state index contributed by atoms with van der Waals surface area (Å²) in [4.78, 5) is 12.7. The van der Waals surface area contributed by atoms with Gasteiger partial charge in [0.15, 0.2) is 5.69 Å². The van der Waals surface area contributed by atoms with Crippen LogP contribution in [-0.2, 0) is 0 Å². The predicted octanol–water partition coefficient (Wildman–Crippen LogP) is 1.88. The summed E-state index contributed by atoms with van der Waals surface area (Å²) < 4.78 is 3.61. The molecule has 0 aliphatic carbocycles. The average Bonchev–Trinajstić information content (AvgIpc) is 3.41. The monoisotopic (exact) mass is 365 g/mol. The van der Waals surface area contributed by atoms with E-state index in [1.54, 1.807) is 17.1 Å². The van der Waals surface area contributed by atoms with Gasteiger partial charge in [0, 0.05) is 12.4 Å². The zero-order valence-corrected chi connectivity index (χ0v) is 15.2. The molecule has 3 aromatic rings. The van der Waals surface area contributed by atoms with Gasteiger partial charge in [-0.3, -0.25) is 4.79 Å². The third kappa shape index (κ3) is 3.75. The van der Waals surface area contributed by atoms with E-state index in [4.69, 9.17) is 0 Å². The Hall–Kier alpha value is -3.00. The van der Waals surface area contributed by atoms with Gasteiger partial charge in [-0.2, -0.15) is 5.10 Å². The standard InChI is InChI=1S/C19H23N7O/c1-14(16-5-2-3-6-18(16)25-12-4-9-21-25)22-19(27)17-13-26(24-23-17)15-7-10-20-11-8-15/h2-6,9,12-15,20H,7-8,10-11H2,1H3,(H,22,27). The van der Waals surface area contributed by atoms with Crippen molar-refractivity contribution < 1.29 is 4.79 Å². The van der Waals surface area contributed by atoms with Crippen LogP contribution >= 0.6 is 0 Å². The highest BCUT2D eigenvalue weighted by Crippen LogP contribution is 2.22. The molecule has 1 amide bonds. The van der Waals surface area contributed by atoms with Crippen LogP contribution in [0.4, 0.5) is 0 Å². The van der Waals surface area contributed by atoms with E-state index in [1.807, 2.05) is 48.1 Å². The molecular formula is C19H23N7O. The third-order valence-electron chi connectivity index (χ3n) is 4.93. The summed E-state index contributed by atoms with van der Waals surface area (Å²) in [5.41, 5.74) is 2.27. The number of carbonyl (C=O) groups is 1. The zero-order valence-electron chi connectivity index (χ0n) is 15.2. The maximum absolute atomic E-state index is 12.7. The van der Waals surface area contributed by atoms with Crippen molar-refractivity contribution >= 4 is 5.91 Å². The van der Waals surface area contributed by atoms with Gasteiger partial charge < -0.3 is 10.6 Å². The Morgan fingerprint density at radius 3 is 2.85 bits per heavy atom. The van der Waals surface area contributed by atoms with Crippen molar-refractivity contribution in [3.8, 4) is 5.69 Å². The van der Waals surface area contributed by atoms with E-state index in [0.717, 1.165) is 37.2 Å². The first-order valence-corrected chi connectivity index (χ1v) is 9.25. The molecule has 0 saturated carbocycles. The molecule has 8 heteroatoms. The lowest BCUT2D eigenvalue weighted by Gasteiger charge is -2.22. The number of hydrogen-bond donors (Lipinski definition) is 2. The first-order chi connectivity index (χ1) is 13.2. The van der Waals surface area contributed by atoms with E-state index in [9.17, 15) is 4.79 Å². The molecule has 1 saturated heterocycles. The van der Waals surface area contributed by atoms with Gasteiger partial charge in [0.05, 0.1) is 24.0 Å². The largest absolute Gasteiger partial charge is 0.344 e. The first-order valence-electron chi connectivity index (χ1n) is 9.25. The van der Waals surface area contributed by atoms with E-state index in [0.29, 0.717) is 11.7 Å². The summed E-state index contributed by atoms with van der Waals surface area (Å²) in [6, 6.07) is 9.88. The summed E-state index contributed by atoms with van der Waals surface area (Å²) in [7, 11) is 0. The summed E-state index contributed by atoms with van der Waals surface area (Å²) in [5, 5.41) is 18.9. The van der Waals surface area contributed by atoms with Crippen LogP contribution in [0.5, 0.6) is 0 Å². The molecule has 0 spiro atoms. The molecule has 3 heterocycles. The Morgan fingerprint density at radius 2 is 2.07 bits per heavy atom. The fourth-order valence-corrected chi connectivity index (χ4v) is 3.45. The molecule has 2 aromatic heterocycles. The minimum absolute atomic E-state index is 0.193. The molecule has 8 nitrogen and oxygen atoms in total. The molecule has 27 heavy (non-hydrogen) atoms. The number of benzene rings is 1. The number of nitrogens with one attached hydrogen (secondary N) is 2. The molecule has 4 rings (SSSR count). The molecule has 1 unspecified atom stereocenters. The number of rotatable bonds is 5. The molecule has 1 atom stereocenters. The molecule has 1 aromatic carbocycles. The third-order valence-corrected chi connectivity index (χ3v) is 4.93. The van der Waals surface area contributed by atoms with E-state index in [1.165, 1.54) is 0 Å². The highest BCUT2D eigenvalue weighted by atomic mass is 16.2. The molecule has 0 bridgehead atoms. The average molecular weight is 365 g/mol. The Balaban J connectivity index is 1.48. The van der Waals surface area contributed by atoms with Gasteiger partial charge in [0.25, 0.3) is 5.91 Å². The normalized spacial score (nSPS) is 16.2. The lowest BCUT2D eigenvalue weighted by Crippen LogP contribution is -2.29. The summed E-state index contributed by atoms with van der Waals surface area (Å²) >= 11 is 0. The molecule has 0 radical (unpaired) electrons. The van der Waals surface area contributed by atoms with Crippen LogP contribution in [0, 0.1) is 0 Å². The van der Waals surface area contributed by atoms with Crippen LogP contribution in [0.2, 0.25) is 0 Å². The summed E-state index contributed by atoms with van der Waals surface area (Å²) in [6.07, 6.45) is 7.37. The van der Waals surface area contributed by atoms with Crippen LogP contribution in [0.3, 0.4) is 0 Å². The van der Waals surface area contributed by atoms with Crippen LogP contribution in [0.15, 0.2) is 48.9 Å².